The molecule has 0 fully saturated rings. The number of nitro benzene ring substituents is 1. The van der Waals surface area contributed by atoms with Crippen LogP contribution in [-0.2, 0) is 6.42 Å². The molecule has 114 valence electrons. The largest absolute Gasteiger partial charge is 0.352 e. The van der Waals surface area contributed by atoms with E-state index in [1.165, 1.54) is 6.07 Å². The monoisotopic (exact) mass is 306 g/mol. The Hall–Kier alpha value is -2.83. The first-order valence-electron chi connectivity index (χ1n) is 6.44. The maximum atomic E-state index is 13.6. The molecular weight excluding hydrogens is 294 g/mol. The predicted octanol–water partition coefficient (Wildman–Crippen LogP) is 2.85. The number of nitrogens with one attached hydrogen (secondary N) is 1. The van der Waals surface area contributed by atoms with Gasteiger partial charge in [0.25, 0.3) is 11.6 Å². The van der Waals surface area contributed by atoms with Gasteiger partial charge in [-0.25, -0.2) is 8.78 Å². The van der Waals surface area contributed by atoms with Gasteiger partial charge in [0, 0.05) is 12.6 Å². The quantitative estimate of drug-likeness (QED) is 0.682. The lowest BCUT2D eigenvalue weighted by molar-refractivity contribution is -0.385. The molecule has 0 aliphatic carbocycles. The van der Waals surface area contributed by atoms with Gasteiger partial charge in [-0.1, -0.05) is 18.2 Å². The first-order valence-corrected chi connectivity index (χ1v) is 6.44. The first kappa shape index (κ1) is 15.6. The summed E-state index contributed by atoms with van der Waals surface area (Å²) in [6, 6.07) is 8.92. The van der Waals surface area contributed by atoms with Gasteiger partial charge in [-0.05, 0) is 24.1 Å². The number of carbonyl (C=O) groups excluding carboxylic acids is 1. The number of nitrogens with zero attached hydrogens (tertiary/aromatic N) is 1. The fourth-order valence-electron chi connectivity index (χ4n) is 1.91. The molecule has 0 atom stereocenters. The summed E-state index contributed by atoms with van der Waals surface area (Å²) in [6.45, 7) is 0.121. The van der Waals surface area contributed by atoms with Crippen molar-refractivity contribution in [2.45, 2.75) is 6.42 Å². The highest BCUT2D eigenvalue weighted by Gasteiger charge is 2.15. The van der Waals surface area contributed by atoms with Crippen molar-refractivity contribution in [3.8, 4) is 0 Å². The maximum Gasteiger partial charge on any atom is 0.272 e. The van der Waals surface area contributed by atoms with Crippen LogP contribution in [0.1, 0.15) is 15.9 Å². The maximum absolute atomic E-state index is 13.6. The minimum absolute atomic E-state index is 0.121. The Morgan fingerprint density at radius 3 is 2.50 bits per heavy atom. The molecule has 0 aliphatic rings. The Morgan fingerprint density at radius 1 is 1.14 bits per heavy atom. The van der Waals surface area contributed by atoms with E-state index < -0.39 is 22.3 Å². The van der Waals surface area contributed by atoms with Crippen molar-refractivity contribution in [1.29, 1.82) is 0 Å². The van der Waals surface area contributed by atoms with Gasteiger partial charge in [-0.15, -0.1) is 0 Å². The zero-order chi connectivity index (χ0) is 16.1. The van der Waals surface area contributed by atoms with Crippen molar-refractivity contribution < 1.29 is 18.5 Å². The van der Waals surface area contributed by atoms with E-state index in [1.807, 2.05) is 0 Å². The van der Waals surface area contributed by atoms with Crippen molar-refractivity contribution in [3.05, 3.63) is 75.3 Å². The molecule has 0 aromatic heterocycles. The number of benzene rings is 2. The van der Waals surface area contributed by atoms with E-state index in [1.54, 1.807) is 18.2 Å². The minimum atomic E-state index is -0.974. The van der Waals surface area contributed by atoms with E-state index in [0.717, 1.165) is 12.1 Å². The molecule has 5 nitrogen and oxygen atoms in total. The van der Waals surface area contributed by atoms with Gasteiger partial charge in [0.1, 0.15) is 11.6 Å². The Kier molecular flexibility index (Phi) is 4.77. The first-order chi connectivity index (χ1) is 10.5. The van der Waals surface area contributed by atoms with Gasteiger partial charge in [0.05, 0.1) is 16.6 Å². The molecule has 0 aliphatic heterocycles. The van der Waals surface area contributed by atoms with Crippen LogP contribution in [0.25, 0.3) is 0 Å². The third-order valence-corrected chi connectivity index (χ3v) is 3.05. The zero-order valence-corrected chi connectivity index (χ0v) is 11.4. The fraction of sp³-hybridized carbons (Fsp3) is 0.133. The molecule has 0 radical (unpaired) electrons. The van der Waals surface area contributed by atoms with Gasteiger partial charge in [0.15, 0.2) is 0 Å². The average molecular weight is 306 g/mol. The number of rotatable bonds is 5. The molecule has 0 saturated heterocycles. The van der Waals surface area contributed by atoms with Crippen LogP contribution in [0.5, 0.6) is 0 Å². The number of hydrogen-bond donors (Lipinski definition) is 1. The van der Waals surface area contributed by atoms with Crippen molar-refractivity contribution >= 4 is 11.6 Å². The number of amides is 1. The van der Waals surface area contributed by atoms with E-state index in [2.05, 4.69) is 5.32 Å². The fourth-order valence-corrected chi connectivity index (χ4v) is 1.91. The Balaban J connectivity index is 1.98. The van der Waals surface area contributed by atoms with Crippen LogP contribution < -0.4 is 5.32 Å². The summed E-state index contributed by atoms with van der Waals surface area (Å²) in [4.78, 5) is 21.6. The van der Waals surface area contributed by atoms with Crippen molar-refractivity contribution in [1.82, 2.24) is 5.32 Å². The minimum Gasteiger partial charge on any atom is -0.352 e. The molecule has 0 heterocycles. The summed E-state index contributed by atoms with van der Waals surface area (Å²) < 4.78 is 27.0. The lowest BCUT2D eigenvalue weighted by atomic mass is 10.1. The predicted molar refractivity (Wildman–Crippen MR) is 75.5 cm³/mol. The van der Waals surface area contributed by atoms with Crippen LogP contribution >= 0.6 is 0 Å². The van der Waals surface area contributed by atoms with E-state index in [4.69, 9.17) is 0 Å². The number of halogens is 2. The smallest absolute Gasteiger partial charge is 0.272 e. The third kappa shape index (κ3) is 3.63. The summed E-state index contributed by atoms with van der Waals surface area (Å²) >= 11 is 0. The van der Waals surface area contributed by atoms with Gasteiger partial charge in [-0.3, -0.25) is 14.9 Å². The second-order valence-corrected chi connectivity index (χ2v) is 4.52. The summed E-state index contributed by atoms with van der Waals surface area (Å²) in [7, 11) is 0. The number of hydrogen-bond acceptors (Lipinski definition) is 3. The van der Waals surface area contributed by atoms with Crippen molar-refractivity contribution in [2.24, 2.45) is 0 Å². The molecule has 22 heavy (non-hydrogen) atoms. The summed E-state index contributed by atoms with van der Waals surface area (Å²) in [5, 5.41) is 12.9. The van der Waals surface area contributed by atoms with Crippen LogP contribution in [0.3, 0.4) is 0 Å². The van der Waals surface area contributed by atoms with E-state index >= 15 is 0 Å². The average Bonchev–Trinajstić information content (AvgIpc) is 2.48. The van der Waals surface area contributed by atoms with E-state index in [9.17, 15) is 23.7 Å². The Bertz CT molecular complexity index is 720. The highest BCUT2D eigenvalue weighted by Crippen LogP contribution is 2.16. The topological polar surface area (TPSA) is 72.2 Å². The molecular formula is C15H12F2N2O3. The number of non-ortho nitro benzene ring substituents is 1. The van der Waals surface area contributed by atoms with Crippen LogP contribution in [0.15, 0.2) is 42.5 Å². The normalized spacial score (nSPS) is 10.3. The molecule has 2 rings (SSSR count). The molecule has 7 heteroatoms. The summed E-state index contributed by atoms with van der Waals surface area (Å²) in [5.74, 6) is -2.06. The number of carbonyl (C=O) groups is 1. The Morgan fingerprint density at radius 2 is 1.86 bits per heavy atom. The van der Waals surface area contributed by atoms with Crippen LogP contribution in [0.4, 0.5) is 14.5 Å². The molecule has 1 amide bonds. The molecule has 0 saturated carbocycles. The van der Waals surface area contributed by atoms with Gasteiger partial charge in [0.2, 0.25) is 0 Å². The zero-order valence-electron chi connectivity index (χ0n) is 11.4. The third-order valence-electron chi connectivity index (χ3n) is 3.05. The highest BCUT2D eigenvalue weighted by molar-refractivity contribution is 5.94. The van der Waals surface area contributed by atoms with Crippen LogP contribution in [0, 0.1) is 21.7 Å². The summed E-state index contributed by atoms with van der Waals surface area (Å²) in [5.41, 5.74) is -0.286. The lowest BCUT2D eigenvalue weighted by Crippen LogP contribution is -2.26. The lowest BCUT2D eigenvalue weighted by Gasteiger charge is -2.07. The Labute approximate surface area is 124 Å². The molecule has 0 bridgehead atoms. The number of nitro groups is 1. The van der Waals surface area contributed by atoms with E-state index in [-0.39, 0.29) is 24.3 Å². The second-order valence-electron chi connectivity index (χ2n) is 4.52. The SMILES string of the molecule is O=C(NCCc1ccccc1F)c1ccc([N+](=O)[O-])cc1F. The van der Waals surface area contributed by atoms with E-state index in [0.29, 0.717) is 11.6 Å². The molecule has 0 spiro atoms. The standard InChI is InChI=1S/C15H12F2N2O3/c16-13-4-2-1-3-10(13)7-8-18-15(20)12-6-5-11(19(21)22)9-14(12)17/h1-6,9H,7-8H2,(H,18,20). The van der Waals surface area contributed by atoms with Gasteiger partial charge in [-0.2, -0.15) is 0 Å². The second kappa shape index (κ2) is 6.75. The van der Waals surface area contributed by atoms with Crippen LogP contribution in [-0.4, -0.2) is 17.4 Å². The molecule has 2 aromatic rings. The van der Waals surface area contributed by atoms with Crippen molar-refractivity contribution in [3.63, 3.8) is 0 Å². The molecule has 1 N–H and O–H groups in total. The molecule has 0 unspecified atom stereocenters. The molecule has 2 aromatic carbocycles. The summed E-state index contributed by atoms with van der Waals surface area (Å²) in [6.07, 6.45) is 0.257. The van der Waals surface area contributed by atoms with Gasteiger partial charge >= 0.3 is 0 Å². The van der Waals surface area contributed by atoms with Crippen molar-refractivity contribution in [2.75, 3.05) is 6.54 Å². The van der Waals surface area contributed by atoms with Crippen LogP contribution in [0.2, 0.25) is 0 Å². The van der Waals surface area contributed by atoms with Gasteiger partial charge < -0.3 is 5.32 Å². The highest BCUT2D eigenvalue weighted by atomic mass is 19.1.